The van der Waals surface area contributed by atoms with Crippen molar-refractivity contribution in [2.45, 2.75) is 19.4 Å². The first kappa shape index (κ1) is 13.5. The maximum absolute atomic E-state index is 5.75. The molecule has 2 aromatic heterocycles. The van der Waals surface area contributed by atoms with E-state index in [-0.39, 0.29) is 0 Å². The summed E-state index contributed by atoms with van der Waals surface area (Å²) in [6.07, 6.45) is 8.01. The fraction of sp³-hybridized carbons (Fsp3) is 0.467. The quantitative estimate of drug-likeness (QED) is 0.848. The van der Waals surface area contributed by atoms with E-state index in [9.17, 15) is 0 Å². The SMILES string of the molecule is c1cc(CN2CCCC(COc3nccs3)C2)ccn1. The highest BCUT2D eigenvalue weighted by atomic mass is 32.1. The van der Waals surface area contributed by atoms with E-state index < -0.39 is 0 Å². The molecule has 5 heteroatoms. The Morgan fingerprint density at radius 1 is 1.30 bits per heavy atom. The molecule has 0 radical (unpaired) electrons. The number of thiazole rings is 1. The molecule has 1 unspecified atom stereocenters. The Hall–Kier alpha value is -1.46. The van der Waals surface area contributed by atoms with Crippen LogP contribution < -0.4 is 4.74 Å². The summed E-state index contributed by atoms with van der Waals surface area (Å²) >= 11 is 1.56. The van der Waals surface area contributed by atoms with Crippen LogP contribution in [0.3, 0.4) is 0 Å². The molecule has 4 nitrogen and oxygen atoms in total. The smallest absolute Gasteiger partial charge is 0.273 e. The number of nitrogens with zero attached hydrogens (tertiary/aromatic N) is 3. The molecule has 0 N–H and O–H groups in total. The second-order valence-corrected chi connectivity index (χ2v) is 6.06. The van der Waals surface area contributed by atoms with Gasteiger partial charge in [-0.3, -0.25) is 9.88 Å². The molecule has 1 atom stereocenters. The van der Waals surface area contributed by atoms with Gasteiger partial charge in [0.25, 0.3) is 5.19 Å². The first-order valence-corrected chi connectivity index (χ1v) is 7.91. The van der Waals surface area contributed by atoms with Crippen LogP contribution in [0.1, 0.15) is 18.4 Å². The van der Waals surface area contributed by atoms with Crippen LogP contribution in [-0.2, 0) is 6.54 Å². The van der Waals surface area contributed by atoms with Crippen LogP contribution >= 0.6 is 11.3 Å². The van der Waals surface area contributed by atoms with Crippen molar-refractivity contribution in [3.63, 3.8) is 0 Å². The largest absolute Gasteiger partial charge is 0.470 e. The van der Waals surface area contributed by atoms with Gasteiger partial charge in [0.1, 0.15) is 0 Å². The van der Waals surface area contributed by atoms with Gasteiger partial charge in [-0.05, 0) is 37.1 Å². The third-order valence-corrected chi connectivity index (χ3v) is 4.29. The van der Waals surface area contributed by atoms with Crippen LogP contribution in [0.15, 0.2) is 36.1 Å². The minimum Gasteiger partial charge on any atom is -0.470 e. The summed E-state index contributed by atoms with van der Waals surface area (Å²) in [6.45, 7) is 4.07. The van der Waals surface area contributed by atoms with Crippen LogP contribution in [0.5, 0.6) is 5.19 Å². The number of aromatic nitrogens is 2. The maximum Gasteiger partial charge on any atom is 0.273 e. The fourth-order valence-corrected chi connectivity index (χ4v) is 3.14. The van der Waals surface area contributed by atoms with E-state index in [1.807, 2.05) is 17.8 Å². The minimum atomic E-state index is 0.606. The van der Waals surface area contributed by atoms with E-state index >= 15 is 0 Å². The normalized spacial score (nSPS) is 19.9. The van der Waals surface area contributed by atoms with Crippen molar-refractivity contribution in [1.82, 2.24) is 14.9 Å². The highest BCUT2D eigenvalue weighted by molar-refractivity contribution is 7.11. The number of rotatable bonds is 5. The topological polar surface area (TPSA) is 38.2 Å². The molecular formula is C15H19N3OS. The van der Waals surface area contributed by atoms with Gasteiger partial charge in [-0.25, -0.2) is 4.98 Å². The zero-order valence-electron chi connectivity index (χ0n) is 11.4. The standard InChI is InChI=1S/C15H19N3OS/c1-2-14(12-19-15-17-7-9-20-15)11-18(8-1)10-13-3-5-16-6-4-13/h3-7,9,14H,1-2,8,10-12H2. The minimum absolute atomic E-state index is 0.606. The Balaban J connectivity index is 1.49. The molecule has 0 bridgehead atoms. The Kier molecular flexibility index (Phi) is 4.61. The fourth-order valence-electron chi connectivity index (χ4n) is 2.65. The Labute approximate surface area is 123 Å². The number of likely N-dealkylation sites (tertiary alicyclic amines) is 1. The molecule has 0 aliphatic carbocycles. The van der Waals surface area contributed by atoms with Crippen LogP contribution in [0, 0.1) is 5.92 Å². The lowest BCUT2D eigenvalue weighted by atomic mass is 9.98. The average molecular weight is 289 g/mol. The second-order valence-electron chi connectivity index (χ2n) is 5.21. The first-order chi connectivity index (χ1) is 9.90. The molecule has 106 valence electrons. The van der Waals surface area contributed by atoms with Crippen LogP contribution in [0.4, 0.5) is 0 Å². The van der Waals surface area contributed by atoms with Crippen molar-refractivity contribution in [2.75, 3.05) is 19.7 Å². The summed E-state index contributed by atoms with van der Waals surface area (Å²) in [7, 11) is 0. The predicted molar refractivity (Wildman–Crippen MR) is 79.8 cm³/mol. The number of ether oxygens (including phenoxy) is 1. The van der Waals surface area contributed by atoms with Crippen LogP contribution in [0.25, 0.3) is 0 Å². The summed E-state index contributed by atoms with van der Waals surface area (Å²) in [6, 6.07) is 4.19. The van der Waals surface area contributed by atoms with Gasteiger partial charge in [-0.2, -0.15) is 0 Å². The van der Waals surface area contributed by atoms with E-state index in [2.05, 4.69) is 27.0 Å². The van der Waals surface area contributed by atoms with Crippen molar-refractivity contribution in [3.8, 4) is 5.19 Å². The van der Waals surface area contributed by atoms with E-state index in [4.69, 9.17) is 4.74 Å². The number of hydrogen-bond acceptors (Lipinski definition) is 5. The molecule has 0 amide bonds. The van der Waals surface area contributed by atoms with Crippen molar-refractivity contribution in [3.05, 3.63) is 41.7 Å². The monoisotopic (exact) mass is 289 g/mol. The second kappa shape index (κ2) is 6.81. The van der Waals surface area contributed by atoms with Crippen molar-refractivity contribution >= 4 is 11.3 Å². The summed E-state index contributed by atoms with van der Waals surface area (Å²) in [5.41, 5.74) is 1.33. The zero-order valence-corrected chi connectivity index (χ0v) is 12.3. The average Bonchev–Trinajstić information content (AvgIpc) is 3.00. The summed E-state index contributed by atoms with van der Waals surface area (Å²) in [5, 5.41) is 2.74. The van der Waals surface area contributed by atoms with Gasteiger partial charge >= 0.3 is 0 Å². The molecule has 0 saturated carbocycles. The van der Waals surface area contributed by atoms with E-state index in [1.54, 1.807) is 17.5 Å². The van der Waals surface area contributed by atoms with Crippen LogP contribution in [0.2, 0.25) is 0 Å². The van der Waals surface area contributed by atoms with Gasteiger partial charge in [0.15, 0.2) is 0 Å². The lowest BCUT2D eigenvalue weighted by molar-refractivity contribution is 0.125. The van der Waals surface area contributed by atoms with E-state index in [0.717, 1.165) is 24.9 Å². The molecule has 1 aliphatic rings. The maximum atomic E-state index is 5.75. The first-order valence-electron chi connectivity index (χ1n) is 7.04. The van der Waals surface area contributed by atoms with Crippen molar-refractivity contribution in [1.29, 1.82) is 0 Å². The van der Waals surface area contributed by atoms with Crippen molar-refractivity contribution in [2.24, 2.45) is 5.92 Å². The Bertz CT molecular complexity index is 503. The molecule has 3 heterocycles. The summed E-state index contributed by atoms with van der Waals surface area (Å²) < 4.78 is 5.75. The number of pyridine rings is 1. The Morgan fingerprint density at radius 3 is 3.00 bits per heavy atom. The molecule has 0 aromatic carbocycles. The third kappa shape index (κ3) is 3.77. The molecule has 20 heavy (non-hydrogen) atoms. The van der Waals surface area contributed by atoms with Gasteiger partial charge in [0.2, 0.25) is 0 Å². The summed E-state index contributed by atoms with van der Waals surface area (Å²) in [5.74, 6) is 0.606. The van der Waals surface area contributed by atoms with Gasteiger partial charge in [-0.15, -0.1) is 0 Å². The van der Waals surface area contributed by atoms with Gasteiger partial charge < -0.3 is 4.74 Å². The molecular weight excluding hydrogens is 270 g/mol. The van der Waals surface area contributed by atoms with Crippen molar-refractivity contribution < 1.29 is 4.74 Å². The molecule has 1 saturated heterocycles. The molecule has 0 spiro atoms. The van der Waals surface area contributed by atoms with E-state index in [0.29, 0.717) is 5.92 Å². The lowest BCUT2D eigenvalue weighted by Crippen LogP contribution is -2.37. The van der Waals surface area contributed by atoms with Crippen LogP contribution in [-0.4, -0.2) is 34.6 Å². The molecule has 1 fully saturated rings. The van der Waals surface area contributed by atoms with Gasteiger partial charge in [0.05, 0.1) is 6.61 Å². The molecule has 3 rings (SSSR count). The summed E-state index contributed by atoms with van der Waals surface area (Å²) in [4.78, 5) is 10.7. The highest BCUT2D eigenvalue weighted by Crippen LogP contribution is 2.21. The van der Waals surface area contributed by atoms with E-state index in [1.165, 1.54) is 24.9 Å². The number of piperidine rings is 1. The zero-order chi connectivity index (χ0) is 13.6. The Morgan fingerprint density at radius 2 is 2.20 bits per heavy atom. The predicted octanol–water partition coefficient (Wildman–Crippen LogP) is 2.83. The third-order valence-electron chi connectivity index (χ3n) is 3.61. The van der Waals surface area contributed by atoms with Gasteiger partial charge in [-0.1, -0.05) is 11.3 Å². The van der Waals surface area contributed by atoms with Gasteiger partial charge in [0, 0.05) is 43.0 Å². The highest BCUT2D eigenvalue weighted by Gasteiger charge is 2.20. The molecule has 2 aromatic rings. The lowest BCUT2D eigenvalue weighted by Gasteiger charge is -2.32. The number of hydrogen-bond donors (Lipinski definition) is 0. The molecule has 1 aliphatic heterocycles.